The topological polar surface area (TPSA) is 20.7 Å². The fourth-order valence-corrected chi connectivity index (χ4v) is 5.15. The number of aromatic nitrogens is 2. The molecule has 0 fully saturated rings. The summed E-state index contributed by atoms with van der Waals surface area (Å²) >= 11 is 0. The summed E-state index contributed by atoms with van der Waals surface area (Å²) in [6.07, 6.45) is 0. The number of H-pyrrole nitrogens is 1. The third-order valence-electron chi connectivity index (χ3n) is 6.73. The molecular weight excluding hydrogens is 436 g/mol. The normalized spacial score (nSPS) is 15.8. The average molecular weight is 469 g/mol. The van der Waals surface area contributed by atoms with Gasteiger partial charge in [0, 0.05) is 38.3 Å². The zero-order valence-corrected chi connectivity index (χ0v) is 18.8. The van der Waals surface area contributed by atoms with E-state index in [1.165, 1.54) is 4.57 Å². The summed E-state index contributed by atoms with van der Waals surface area (Å²) in [5.41, 5.74) is 2.65. The molecule has 1 N–H and O–H groups in total. The molecular formula is C34H22N2. The first-order chi connectivity index (χ1) is 22.0. The first-order valence-corrected chi connectivity index (χ1v) is 11.6. The number of fused-ring (bicyclic) bond motifs is 8. The monoisotopic (exact) mass is 468 g/mol. The van der Waals surface area contributed by atoms with Crippen molar-refractivity contribution in [2.45, 2.75) is 0 Å². The molecule has 0 aliphatic heterocycles. The molecule has 0 saturated heterocycles. The number of nitrogens with one attached hydrogen (secondary N) is 1. The van der Waals surface area contributed by atoms with Gasteiger partial charge in [-0.25, -0.2) is 0 Å². The Labute approximate surface area is 222 Å². The van der Waals surface area contributed by atoms with Crippen LogP contribution in [-0.2, 0) is 0 Å². The summed E-state index contributed by atoms with van der Waals surface area (Å²) in [4.78, 5) is 3.40. The maximum atomic E-state index is 9.38. The lowest BCUT2D eigenvalue weighted by molar-refractivity contribution is 1.18. The SMILES string of the molecule is [2H]c1c([2H])c(-c2ccccc2)c([2H])c(-n2c3cc4[nH]c5ccccc5c4cc3c3c4c([2H])c([2H])c([2H])c([2H])c4c([2H])c([2H])c32)c1[2H]. The van der Waals surface area contributed by atoms with Gasteiger partial charge in [-0.2, -0.15) is 0 Å². The van der Waals surface area contributed by atoms with Gasteiger partial charge in [-0.3, -0.25) is 0 Å². The second-order valence-corrected chi connectivity index (χ2v) is 8.73. The predicted octanol–water partition coefficient (Wildman–Crippen LogP) is 9.24. The number of benzene rings is 6. The van der Waals surface area contributed by atoms with E-state index < -0.39 is 36.3 Å². The molecule has 8 rings (SSSR count). The highest BCUT2D eigenvalue weighted by Gasteiger charge is 2.17. The Morgan fingerprint density at radius 2 is 1.44 bits per heavy atom. The van der Waals surface area contributed by atoms with Gasteiger partial charge >= 0.3 is 0 Å². The summed E-state index contributed by atoms with van der Waals surface area (Å²) in [7, 11) is 0. The van der Waals surface area contributed by atoms with Gasteiger partial charge in [0.15, 0.2) is 0 Å². The maximum Gasteiger partial charge on any atom is 0.0651 e. The van der Waals surface area contributed by atoms with Crippen molar-refractivity contribution >= 4 is 54.4 Å². The Bertz CT molecular complexity index is 2640. The van der Waals surface area contributed by atoms with E-state index in [2.05, 4.69) is 4.98 Å². The molecule has 6 aromatic carbocycles. The molecule has 0 bridgehead atoms. The van der Waals surface area contributed by atoms with Gasteiger partial charge in [-0.15, -0.1) is 0 Å². The lowest BCUT2D eigenvalue weighted by Crippen LogP contribution is -1.94. The zero-order chi connectivity index (χ0) is 32.3. The molecule has 2 heterocycles. The van der Waals surface area contributed by atoms with Crippen molar-refractivity contribution in [3.63, 3.8) is 0 Å². The number of nitrogens with zero attached hydrogens (tertiary/aromatic N) is 1. The van der Waals surface area contributed by atoms with Crippen LogP contribution < -0.4 is 0 Å². The fraction of sp³-hybridized carbons (Fsp3) is 0. The van der Waals surface area contributed by atoms with Crippen LogP contribution in [0, 0.1) is 0 Å². The van der Waals surface area contributed by atoms with E-state index in [0.29, 0.717) is 22.0 Å². The van der Waals surface area contributed by atoms with Gasteiger partial charge in [-0.1, -0.05) is 90.8 Å². The van der Waals surface area contributed by atoms with Crippen molar-refractivity contribution in [2.75, 3.05) is 0 Å². The van der Waals surface area contributed by atoms with E-state index >= 15 is 0 Å². The van der Waals surface area contributed by atoms with Crippen LogP contribution in [0.25, 0.3) is 71.2 Å². The van der Waals surface area contributed by atoms with Crippen LogP contribution in [0.15, 0.2) is 127 Å². The van der Waals surface area contributed by atoms with Crippen molar-refractivity contribution in [1.82, 2.24) is 9.55 Å². The predicted molar refractivity (Wildman–Crippen MR) is 153 cm³/mol. The van der Waals surface area contributed by atoms with Crippen molar-refractivity contribution in [3.05, 3.63) is 127 Å². The first kappa shape index (κ1) is 12.2. The quantitative estimate of drug-likeness (QED) is 0.261. The van der Waals surface area contributed by atoms with Crippen LogP contribution in [0.5, 0.6) is 0 Å². The molecule has 0 aliphatic carbocycles. The molecule has 0 aliphatic rings. The Morgan fingerprint density at radius 3 is 2.39 bits per heavy atom. The summed E-state index contributed by atoms with van der Waals surface area (Å²) in [6, 6.07) is 16.3. The Hall–Kier alpha value is -4.82. The molecule has 0 atom stereocenters. The molecule has 2 aromatic heterocycles. The smallest absolute Gasteiger partial charge is 0.0651 e. The molecule has 0 spiro atoms. The third kappa shape index (κ3) is 2.73. The van der Waals surface area contributed by atoms with Gasteiger partial charge in [0.05, 0.1) is 24.7 Å². The largest absolute Gasteiger partial charge is 0.354 e. The summed E-state index contributed by atoms with van der Waals surface area (Å²) in [5, 5.41) is 2.49. The summed E-state index contributed by atoms with van der Waals surface area (Å²) in [6.45, 7) is 0. The van der Waals surface area contributed by atoms with Crippen molar-refractivity contribution in [2.24, 2.45) is 0 Å². The number of hydrogen-bond donors (Lipinski definition) is 1. The minimum atomic E-state index is -0.508. The Morgan fingerprint density at radius 1 is 0.583 bits per heavy atom. The maximum absolute atomic E-state index is 9.38. The molecule has 0 radical (unpaired) electrons. The molecule has 168 valence electrons. The van der Waals surface area contributed by atoms with Crippen LogP contribution in [0.2, 0.25) is 0 Å². The van der Waals surface area contributed by atoms with E-state index in [4.69, 9.17) is 11.0 Å². The van der Waals surface area contributed by atoms with Gasteiger partial charge < -0.3 is 9.55 Å². The lowest BCUT2D eigenvalue weighted by atomic mass is 10.0. The van der Waals surface area contributed by atoms with E-state index in [9.17, 15) is 2.74 Å². The number of aromatic amines is 1. The fourth-order valence-electron chi connectivity index (χ4n) is 5.15. The molecule has 36 heavy (non-hydrogen) atoms. The number of rotatable bonds is 2. The highest BCUT2D eigenvalue weighted by atomic mass is 15.0. The van der Waals surface area contributed by atoms with Crippen molar-refractivity contribution in [1.29, 1.82) is 0 Å². The molecule has 8 aromatic rings. The average Bonchev–Trinajstić information content (AvgIpc) is 3.58. The van der Waals surface area contributed by atoms with Gasteiger partial charge in [0.25, 0.3) is 0 Å². The Balaban J connectivity index is 1.69. The molecule has 2 heteroatoms. The molecule has 0 amide bonds. The lowest BCUT2D eigenvalue weighted by Gasteiger charge is -2.11. The van der Waals surface area contributed by atoms with Crippen LogP contribution in [0.1, 0.15) is 13.7 Å². The second-order valence-electron chi connectivity index (χ2n) is 8.73. The van der Waals surface area contributed by atoms with Gasteiger partial charge in [0.1, 0.15) is 0 Å². The second kappa shape index (κ2) is 7.34. The van der Waals surface area contributed by atoms with Crippen LogP contribution in [-0.4, -0.2) is 9.55 Å². The van der Waals surface area contributed by atoms with Crippen LogP contribution in [0.4, 0.5) is 0 Å². The van der Waals surface area contributed by atoms with Crippen LogP contribution in [0.3, 0.4) is 0 Å². The molecule has 0 unspecified atom stereocenters. The summed E-state index contributed by atoms with van der Waals surface area (Å²) in [5.74, 6) is 0. The standard InChI is InChI=1S/C34H22N2/c1-2-9-22(10-3-1)24-12-8-13-25(19-24)36-32-18-17-23-11-4-5-14-26(23)34(32)29-20-28-27-15-6-7-16-30(27)35-31(28)21-33(29)36/h1-21,35H/i4D,5D,8D,11D,12D,13D,14D,17D,18D,19D. The molecule has 2 nitrogen and oxygen atoms in total. The molecule has 0 saturated carbocycles. The highest BCUT2D eigenvalue weighted by molar-refractivity contribution is 6.25. The highest BCUT2D eigenvalue weighted by Crippen LogP contribution is 2.40. The van der Waals surface area contributed by atoms with Gasteiger partial charge in [0.2, 0.25) is 0 Å². The summed E-state index contributed by atoms with van der Waals surface area (Å²) < 4.78 is 90.0. The van der Waals surface area contributed by atoms with Crippen molar-refractivity contribution < 1.29 is 13.7 Å². The minimum absolute atomic E-state index is 0.0643. The zero-order valence-electron chi connectivity index (χ0n) is 28.8. The van der Waals surface area contributed by atoms with E-state index in [0.717, 1.165) is 16.3 Å². The van der Waals surface area contributed by atoms with E-state index in [-0.39, 0.29) is 57.1 Å². The Kier molecular flexibility index (Phi) is 2.49. The van der Waals surface area contributed by atoms with Gasteiger partial charge in [-0.05, 0) is 58.2 Å². The number of hydrogen-bond acceptors (Lipinski definition) is 0. The third-order valence-corrected chi connectivity index (χ3v) is 6.73. The van der Waals surface area contributed by atoms with Crippen LogP contribution >= 0.6 is 0 Å². The van der Waals surface area contributed by atoms with E-state index in [1.807, 2.05) is 36.4 Å². The van der Waals surface area contributed by atoms with E-state index in [1.54, 1.807) is 30.3 Å². The minimum Gasteiger partial charge on any atom is -0.354 e. The number of para-hydroxylation sites is 1. The first-order valence-electron chi connectivity index (χ1n) is 16.6. The van der Waals surface area contributed by atoms with Crippen molar-refractivity contribution in [3.8, 4) is 16.8 Å².